The molecule has 0 radical (unpaired) electrons. The molecule has 0 aliphatic carbocycles. The first-order valence-electron chi connectivity index (χ1n) is 5.17. The summed E-state index contributed by atoms with van der Waals surface area (Å²) in [6.07, 6.45) is 0. The van der Waals surface area contributed by atoms with E-state index in [1.54, 1.807) is 7.11 Å². The SMILES string of the molecule is COc1nc(-c2ccccc2)nc(C)c1C. The van der Waals surface area contributed by atoms with Crippen LogP contribution in [0.1, 0.15) is 11.3 Å². The maximum absolute atomic E-state index is 5.24. The van der Waals surface area contributed by atoms with Gasteiger partial charge in [-0.25, -0.2) is 4.98 Å². The van der Waals surface area contributed by atoms with E-state index in [9.17, 15) is 0 Å². The Balaban J connectivity index is 2.55. The number of rotatable bonds is 2. The molecule has 1 aromatic carbocycles. The van der Waals surface area contributed by atoms with E-state index < -0.39 is 0 Å². The van der Waals surface area contributed by atoms with Crippen LogP contribution < -0.4 is 4.74 Å². The van der Waals surface area contributed by atoms with Crippen LogP contribution in [0, 0.1) is 13.8 Å². The average Bonchev–Trinajstić information content (AvgIpc) is 2.33. The van der Waals surface area contributed by atoms with Crippen molar-refractivity contribution in [2.24, 2.45) is 0 Å². The van der Waals surface area contributed by atoms with Crippen LogP contribution in [0.2, 0.25) is 0 Å². The highest BCUT2D eigenvalue weighted by molar-refractivity contribution is 5.56. The molecule has 0 amide bonds. The van der Waals surface area contributed by atoms with Crippen molar-refractivity contribution in [1.82, 2.24) is 9.97 Å². The first kappa shape index (κ1) is 10.6. The van der Waals surface area contributed by atoms with Crippen LogP contribution in [0.15, 0.2) is 30.3 Å². The number of ether oxygens (including phenoxy) is 1. The second-order valence-corrected chi connectivity index (χ2v) is 3.63. The molecule has 0 saturated carbocycles. The van der Waals surface area contributed by atoms with Gasteiger partial charge in [0.15, 0.2) is 5.82 Å². The fourth-order valence-corrected chi connectivity index (χ4v) is 1.52. The number of methoxy groups -OCH3 is 1. The maximum atomic E-state index is 5.24. The van der Waals surface area contributed by atoms with E-state index >= 15 is 0 Å². The van der Waals surface area contributed by atoms with Gasteiger partial charge in [-0.15, -0.1) is 0 Å². The molecule has 0 saturated heterocycles. The molecule has 0 fully saturated rings. The van der Waals surface area contributed by atoms with Gasteiger partial charge in [-0.1, -0.05) is 30.3 Å². The zero-order chi connectivity index (χ0) is 11.5. The number of aryl methyl sites for hydroxylation is 1. The van der Waals surface area contributed by atoms with Crippen LogP contribution in [-0.2, 0) is 0 Å². The van der Waals surface area contributed by atoms with Crippen LogP contribution in [0.25, 0.3) is 11.4 Å². The van der Waals surface area contributed by atoms with Crippen molar-refractivity contribution in [2.45, 2.75) is 13.8 Å². The molecule has 1 aromatic heterocycles. The van der Waals surface area contributed by atoms with Gasteiger partial charge in [0, 0.05) is 16.8 Å². The summed E-state index contributed by atoms with van der Waals surface area (Å²) in [5.41, 5.74) is 2.94. The maximum Gasteiger partial charge on any atom is 0.219 e. The molecule has 0 spiro atoms. The summed E-state index contributed by atoms with van der Waals surface area (Å²) in [6, 6.07) is 9.90. The zero-order valence-corrected chi connectivity index (χ0v) is 9.69. The van der Waals surface area contributed by atoms with Crippen molar-refractivity contribution >= 4 is 0 Å². The van der Waals surface area contributed by atoms with Crippen molar-refractivity contribution < 1.29 is 4.74 Å². The molecule has 0 unspecified atom stereocenters. The third-order valence-corrected chi connectivity index (χ3v) is 2.57. The molecular weight excluding hydrogens is 200 g/mol. The third kappa shape index (κ3) is 1.89. The van der Waals surface area contributed by atoms with Crippen molar-refractivity contribution in [2.75, 3.05) is 7.11 Å². The van der Waals surface area contributed by atoms with Gasteiger partial charge in [0.25, 0.3) is 0 Å². The van der Waals surface area contributed by atoms with E-state index in [0.29, 0.717) is 11.7 Å². The van der Waals surface area contributed by atoms with Crippen LogP contribution in [0.5, 0.6) is 5.88 Å². The second kappa shape index (κ2) is 4.31. The van der Waals surface area contributed by atoms with Crippen LogP contribution in [0.4, 0.5) is 0 Å². The Kier molecular flexibility index (Phi) is 2.86. The van der Waals surface area contributed by atoms with E-state index in [1.165, 1.54) is 0 Å². The van der Waals surface area contributed by atoms with Crippen LogP contribution >= 0.6 is 0 Å². The number of hydrogen-bond acceptors (Lipinski definition) is 3. The molecule has 3 nitrogen and oxygen atoms in total. The Bertz CT molecular complexity index is 495. The van der Waals surface area contributed by atoms with Gasteiger partial charge >= 0.3 is 0 Å². The Labute approximate surface area is 95.1 Å². The van der Waals surface area contributed by atoms with Gasteiger partial charge in [0.1, 0.15) is 0 Å². The largest absolute Gasteiger partial charge is 0.481 e. The Morgan fingerprint density at radius 3 is 2.31 bits per heavy atom. The monoisotopic (exact) mass is 214 g/mol. The molecule has 0 aliphatic heterocycles. The summed E-state index contributed by atoms with van der Waals surface area (Å²) in [7, 11) is 1.63. The van der Waals surface area contributed by atoms with E-state index in [4.69, 9.17) is 4.74 Å². The molecule has 0 N–H and O–H groups in total. The molecule has 0 atom stereocenters. The predicted molar refractivity (Wildman–Crippen MR) is 63.5 cm³/mol. The quantitative estimate of drug-likeness (QED) is 0.771. The van der Waals surface area contributed by atoms with Crippen LogP contribution in [0.3, 0.4) is 0 Å². The molecule has 1 heterocycles. The fourth-order valence-electron chi connectivity index (χ4n) is 1.52. The fraction of sp³-hybridized carbons (Fsp3) is 0.231. The number of nitrogens with zero attached hydrogens (tertiary/aromatic N) is 2. The first-order valence-corrected chi connectivity index (χ1v) is 5.17. The van der Waals surface area contributed by atoms with Crippen molar-refractivity contribution in [3.63, 3.8) is 0 Å². The summed E-state index contributed by atoms with van der Waals surface area (Å²) >= 11 is 0. The minimum atomic E-state index is 0.645. The highest BCUT2D eigenvalue weighted by Crippen LogP contribution is 2.22. The Morgan fingerprint density at radius 2 is 1.69 bits per heavy atom. The highest BCUT2D eigenvalue weighted by Gasteiger charge is 2.09. The van der Waals surface area contributed by atoms with E-state index in [2.05, 4.69) is 9.97 Å². The lowest BCUT2D eigenvalue weighted by Gasteiger charge is -2.08. The van der Waals surface area contributed by atoms with E-state index in [1.807, 2.05) is 44.2 Å². The first-order chi connectivity index (χ1) is 7.72. The summed E-state index contributed by atoms with van der Waals surface area (Å²) < 4.78 is 5.24. The van der Waals surface area contributed by atoms with Gasteiger partial charge in [-0.05, 0) is 13.8 Å². The Hall–Kier alpha value is -1.90. The summed E-state index contributed by atoms with van der Waals surface area (Å²) in [4.78, 5) is 8.85. The molecule has 0 bridgehead atoms. The average molecular weight is 214 g/mol. The summed E-state index contributed by atoms with van der Waals surface area (Å²) in [5, 5.41) is 0. The third-order valence-electron chi connectivity index (χ3n) is 2.57. The van der Waals surface area contributed by atoms with Crippen molar-refractivity contribution in [1.29, 1.82) is 0 Å². The molecular formula is C13H14N2O. The van der Waals surface area contributed by atoms with E-state index in [-0.39, 0.29) is 0 Å². The normalized spacial score (nSPS) is 10.2. The zero-order valence-electron chi connectivity index (χ0n) is 9.69. The lowest BCUT2D eigenvalue weighted by Crippen LogP contribution is -1.99. The van der Waals surface area contributed by atoms with Crippen LogP contribution in [-0.4, -0.2) is 17.1 Å². The summed E-state index contributed by atoms with van der Waals surface area (Å²) in [5.74, 6) is 1.35. The number of hydrogen-bond donors (Lipinski definition) is 0. The van der Waals surface area contributed by atoms with Gasteiger partial charge in [-0.2, -0.15) is 4.98 Å². The smallest absolute Gasteiger partial charge is 0.219 e. The molecule has 3 heteroatoms. The molecule has 2 aromatic rings. The van der Waals surface area contributed by atoms with Crippen molar-refractivity contribution in [3.8, 4) is 17.3 Å². The molecule has 16 heavy (non-hydrogen) atoms. The van der Waals surface area contributed by atoms with Gasteiger partial charge in [0.2, 0.25) is 5.88 Å². The lowest BCUT2D eigenvalue weighted by molar-refractivity contribution is 0.393. The minimum Gasteiger partial charge on any atom is -0.481 e. The van der Waals surface area contributed by atoms with Gasteiger partial charge < -0.3 is 4.74 Å². The van der Waals surface area contributed by atoms with Gasteiger partial charge in [0.05, 0.1) is 7.11 Å². The number of benzene rings is 1. The topological polar surface area (TPSA) is 35.0 Å². The summed E-state index contributed by atoms with van der Waals surface area (Å²) in [6.45, 7) is 3.93. The molecule has 0 aliphatic rings. The number of aromatic nitrogens is 2. The van der Waals surface area contributed by atoms with Crippen molar-refractivity contribution in [3.05, 3.63) is 41.6 Å². The Morgan fingerprint density at radius 1 is 1.00 bits per heavy atom. The lowest BCUT2D eigenvalue weighted by atomic mass is 10.2. The minimum absolute atomic E-state index is 0.645. The second-order valence-electron chi connectivity index (χ2n) is 3.63. The van der Waals surface area contributed by atoms with Gasteiger partial charge in [-0.3, -0.25) is 0 Å². The standard InChI is InChI=1S/C13H14N2O/c1-9-10(2)14-12(15-13(9)16-3)11-7-5-4-6-8-11/h4-8H,1-3H3. The molecule has 2 rings (SSSR count). The van der Waals surface area contributed by atoms with E-state index in [0.717, 1.165) is 16.8 Å². The molecule has 82 valence electrons. The predicted octanol–water partition coefficient (Wildman–Crippen LogP) is 2.77. The highest BCUT2D eigenvalue weighted by atomic mass is 16.5.